The van der Waals surface area contributed by atoms with E-state index < -0.39 is 6.10 Å². The van der Waals surface area contributed by atoms with Gasteiger partial charge in [-0.1, -0.05) is 24.3 Å². The van der Waals surface area contributed by atoms with Crippen molar-refractivity contribution < 1.29 is 14.3 Å². The number of fused-ring (bicyclic) bond motifs is 1. The molecule has 1 amide bonds. The lowest BCUT2D eigenvalue weighted by atomic mass is 10.1. The molecule has 1 heterocycles. The molecule has 0 bridgehead atoms. The third-order valence-electron chi connectivity index (χ3n) is 3.70. The summed E-state index contributed by atoms with van der Waals surface area (Å²) in [6.45, 7) is 0. The van der Waals surface area contributed by atoms with Crippen LogP contribution < -0.4 is 5.32 Å². The van der Waals surface area contributed by atoms with Crippen molar-refractivity contribution in [1.29, 1.82) is 0 Å². The minimum Gasteiger partial charge on any atom is -0.469 e. The Morgan fingerprint density at radius 2 is 2.15 bits per heavy atom. The fourth-order valence-corrected chi connectivity index (χ4v) is 2.69. The Labute approximate surface area is 117 Å². The average Bonchev–Trinajstić information content (AvgIpc) is 3.06. The SMILES string of the molecule is O=C(CCc1ccco1)N[C@H]1c2ccccc2C[C@H]1O. The van der Waals surface area contributed by atoms with Crippen LogP contribution in [0.1, 0.15) is 29.3 Å². The number of aliphatic hydroxyl groups is 1. The molecule has 2 N–H and O–H groups in total. The first-order valence-electron chi connectivity index (χ1n) is 6.81. The van der Waals surface area contributed by atoms with Crippen LogP contribution in [0.4, 0.5) is 0 Å². The van der Waals surface area contributed by atoms with Crippen LogP contribution in [0.15, 0.2) is 47.1 Å². The minimum atomic E-state index is -0.542. The molecule has 0 fully saturated rings. The first kappa shape index (κ1) is 12.9. The fourth-order valence-electron chi connectivity index (χ4n) is 2.69. The van der Waals surface area contributed by atoms with Crippen LogP contribution >= 0.6 is 0 Å². The van der Waals surface area contributed by atoms with Crippen molar-refractivity contribution in [3.63, 3.8) is 0 Å². The second-order valence-electron chi connectivity index (χ2n) is 5.09. The number of amides is 1. The van der Waals surface area contributed by atoms with Crippen LogP contribution in [-0.2, 0) is 17.6 Å². The van der Waals surface area contributed by atoms with E-state index >= 15 is 0 Å². The third kappa shape index (κ3) is 2.60. The second-order valence-corrected chi connectivity index (χ2v) is 5.09. The number of hydrogen-bond donors (Lipinski definition) is 2. The number of aryl methyl sites for hydroxylation is 1. The number of furan rings is 1. The van der Waals surface area contributed by atoms with E-state index in [0.717, 1.165) is 16.9 Å². The van der Waals surface area contributed by atoms with E-state index in [1.165, 1.54) is 0 Å². The summed E-state index contributed by atoms with van der Waals surface area (Å²) in [4.78, 5) is 12.0. The minimum absolute atomic E-state index is 0.0675. The Morgan fingerprint density at radius 1 is 1.30 bits per heavy atom. The molecule has 4 heteroatoms. The van der Waals surface area contributed by atoms with Gasteiger partial charge in [-0.2, -0.15) is 0 Å². The Hall–Kier alpha value is -2.07. The molecule has 0 radical (unpaired) electrons. The van der Waals surface area contributed by atoms with Gasteiger partial charge in [0.1, 0.15) is 5.76 Å². The van der Waals surface area contributed by atoms with Crippen molar-refractivity contribution in [1.82, 2.24) is 5.32 Å². The predicted molar refractivity (Wildman–Crippen MR) is 74.1 cm³/mol. The van der Waals surface area contributed by atoms with E-state index in [4.69, 9.17) is 4.42 Å². The van der Waals surface area contributed by atoms with Crippen molar-refractivity contribution in [2.45, 2.75) is 31.4 Å². The highest BCUT2D eigenvalue weighted by atomic mass is 16.3. The van der Waals surface area contributed by atoms with Gasteiger partial charge in [-0.25, -0.2) is 0 Å². The van der Waals surface area contributed by atoms with Gasteiger partial charge in [0.15, 0.2) is 0 Å². The maximum atomic E-state index is 12.0. The van der Waals surface area contributed by atoms with Gasteiger partial charge in [0.2, 0.25) is 5.91 Å². The highest BCUT2D eigenvalue weighted by Crippen LogP contribution is 2.31. The molecular formula is C16H17NO3. The topological polar surface area (TPSA) is 62.5 Å². The standard InChI is InChI=1S/C16H17NO3/c18-14-10-11-4-1-2-6-13(11)16(14)17-15(19)8-7-12-5-3-9-20-12/h1-6,9,14,16,18H,7-8,10H2,(H,17,19)/t14-,16+/m1/s1. The van der Waals surface area contributed by atoms with E-state index in [9.17, 15) is 9.90 Å². The van der Waals surface area contributed by atoms with Crippen molar-refractivity contribution in [2.75, 3.05) is 0 Å². The molecule has 1 aliphatic carbocycles. The highest BCUT2D eigenvalue weighted by Gasteiger charge is 2.31. The average molecular weight is 271 g/mol. The summed E-state index contributed by atoms with van der Waals surface area (Å²) in [7, 11) is 0. The van der Waals surface area contributed by atoms with E-state index in [2.05, 4.69) is 5.32 Å². The van der Waals surface area contributed by atoms with Gasteiger partial charge >= 0.3 is 0 Å². The van der Waals surface area contributed by atoms with Crippen LogP contribution in [0.5, 0.6) is 0 Å². The van der Waals surface area contributed by atoms with Crippen LogP contribution in [0, 0.1) is 0 Å². The maximum absolute atomic E-state index is 12.0. The summed E-state index contributed by atoms with van der Waals surface area (Å²) < 4.78 is 5.20. The summed E-state index contributed by atoms with van der Waals surface area (Å²) in [6, 6.07) is 11.2. The Balaban J connectivity index is 1.61. The first-order chi connectivity index (χ1) is 9.74. The van der Waals surface area contributed by atoms with Crippen LogP contribution in [0.2, 0.25) is 0 Å². The molecular weight excluding hydrogens is 254 g/mol. The summed E-state index contributed by atoms with van der Waals surface area (Å²) in [5.41, 5.74) is 2.13. The molecule has 4 nitrogen and oxygen atoms in total. The van der Waals surface area contributed by atoms with Gasteiger partial charge < -0.3 is 14.8 Å². The summed E-state index contributed by atoms with van der Waals surface area (Å²) in [5, 5.41) is 13.0. The number of carbonyl (C=O) groups excluding carboxylic acids is 1. The van der Waals surface area contributed by atoms with Gasteiger partial charge in [0, 0.05) is 19.3 Å². The lowest BCUT2D eigenvalue weighted by Crippen LogP contribution is -2.33. The largest absolute Gasteiger partial charge is 0.469 e. The number of aliphatic hydroxyl groups excluding tert-OH is 1. The molecule has 104 valence electrons. The normalized spacial score (nSPS) is 20.6. The van der Waals surface area contributed by atoms with Gasteiger partial charge in [0.25, 0.3) is 0 Å². The summed E-state index contributed by atoms with van der Waals surface area (Å²) >= 11 is 0. The summed E-state index contributed by atoms with van der Waals surface area (Å²) in [5.74, 6) is 0.731. The molecule has 2 atom stereocenters. The lowest BCUT2D eigenvalue weighted by molar-refractivity contribution is -0.122. The van der Waals surface area contributed by atoms with Crippen molar-refractivity contribution in [3.05, 3.63) is 59.5 Å². The molecule has 1 aromatic carbocycles. The molecule has 0 saturated carbocycles. The molecule has 1 aliphatic rings. The molecule has 3 rings (SSSR count). The van der Waals surface area contributed by atoms with Crippen molar-refractivity contribution >= 4 is 5.91 Å². The van der Waals surface area contributed by atoms with E-state index in [-0.39, 0.29) is 11.9 Å². The highest BCUT2D eigenvalue weighted by molar-refractivity contribution is 5.77. The van der Waals surface area contributed by atoms with E-state index in [1.54, 1.807) is 6.26 Å². The third-order valence-corrected chi connectivity index (χ3v) is 3.70. The van der Waals surface area contributed by atoms with Crippen LogP contribution in [0.3, 0.4) is 0 Å². The van der Waals surface area contributed by atoms with Crippen molar-refractivity contribution in [2.24, 2.45) is 0 Å². The zero-order valence-corrected chi connectivity index (χ0v) is 11.1. The molecule has 0 spiro atoms. The maximum Gasteiger partial charge on any atom is 0.221 e. The number of benzene rings is 1. The van der Waals surface area contributed by atoms with E-state index in [1.807, 2.05) is 36.4 Å². The molecule has 0 unspecified atom stereocenters. The number of hydrogen-bond acceptors (Lipinski definition) is 3. The number of carbonyl (C=O) groups is 1. The predicted octanol–water partition coefficient (Wildman–Crippen LogP) is 1.99. The Morgan fingerprint density at radius 3 is 2.95 bits per heavy atom. The summed E-state index contributed by atoms with van der Waals surface area (Å²) in [6.07, 6.45) is 2.59. The zero-order valence-electron chi connectivity index (χ0n) is 11.1. The molecule has 0 saturated heterocycles. The quantitative estimate of drug-likeness (QED) is 0.894. The lowest BCUT2D eigenvalue weighted by Gasteiger charge is -2.17. The van der Waals surface area contributed by atoms with Crippen molar-refractivity contribution in [3.8, 4) is 0 Å². The molecule has 0 aliphatic heterocycles. The number of rotatable bonds is 4. The number of nitrogens with one attached hydrogen (secondary N) is 1. The van der Waals surface area contributed by atoms with E-state index in [0.29, 0.717) is 19.3 Å². The molecule has 2 aromatic rings. The Kier molecular flexibility index (Phi) is 3.56. The smallest absolute Gasteiger partial charge is 0.221 e. The zero-order chi connectivity index (χ0) is 13.9. The van der Waals surface area contributed by atoms with Gasteiger partial charge in [-0.3, -0.25) is 4.79 Å². The van der Waals surface area contributed by atoms with Crippen LogP contribution in [0.25, 0.3) is 0 Å². The fraction of sp³-hybridized carbons (Fsp3) is 0.312. The van der Waals surface area contributed by atoms with Crippen LogP contribution in [-0.4, -0.2) is 17.1 Å². The molecule has 1 aromatic heterocycles. The monoisotopic (exact) mass is 271 g/mol. The molecule has 20 heavy (non-hydrogen) atoms. The first-order valence-corrected chi connectivity index (χ1v) is 6.81. The Bertz CT molecular complexity index is 592. The van der Waals surface area contributed by atoms with Gasteiger partial charge in [-0.15, -0.1) is 0 Å². The van der Waals surface area contributed by atoms with Gasteiger partial charge in [0.05, 0.1) is 18.4 Å². The second kappa shape index (κ2) is 5.51. The van der Waals surface area contributed by atoms with Gasteiger partial charge in [-0.05, 0) is 23.3 Å².